The van der Waals surface area contributed by atoms with Gasteiger partial charge >= 0.3 is 0 Å². The van der Waals surface area contributed by atoms with Crippen molar-refractivity contribution < 1.29 is 9.90 Å². The molecule has 1 saturated carbocycles. The summed E-state index contributed by atoms with van der Waals surface area (Å²) in [4.78, 5) is 27.1. The van der Waals surface area contributed by atoms with Gasteiger partial charge in [-0.2, -0.15) is 5.26 Å². The fourth-order valence-electron chi connectivity index (χ4n) is 4.83. The molecule has 0 radical (unpaired) electrons. The molecule has 4 rings (SSSR count). The Hall–Kier alpha value is -3.65. The van der Waals surface area contributed by atoms with Crippen LogP contribution >= 0.6 is 0 Å². The van der Waals surface area contributed by atoms with Crippen molar-refractivity contribution >= 4 is 5.78 Å². The monoisotopic (exact) mass is 426 g/mol. The first-order chi connectivity index (χ1) is 15.5. The van der Waals surface area contributed by atoms with Gasteiger partial charge in [0.1, 0.15) is 11.6 Å². The third-order valence-corrected chi connectivity index (χ3v) is 6.46. The van der Waals surface area contributed by atoms with Crippen molar-refractivity contribution in [1.29, 1.82) is 5.26 Å². The SMILES string of the molecule is Cc1c(C(=O)C(c2ccccc2)c2ccccc2)c(O)n(C2CCCCC2)c(=O)c1C#N. The van der Waals surface area contributed by atoms with E-state index >= 15 is 0 Å². The predicted molar refractivity (Wildman–Crippen MR) is 123 cm³/mol. The number of hydrogen-bond donors (Lipinski definition) is 1. The fourth-order valence-corrected chi connectivity index (χ4v) is 4.83. The molecule has 0 amide bonds. The number of carbonyl (C=O) groups excluding carboxylic acids is 1. The summed E-state index contributed by atoms with van der Waals surface area (Å²) in [6, 6.07) is 20.5. The van der Waals surface area contributed by atoms with Crippen molar-refractivity contribution in [2.45, 2.75) is 51.0 Å². The molecule has 0 atom stereocenters. The van der Waals surface area contributed by atoms with E-state index in [9.17, 15) is 20.0 Å². The molecular formula is C27H26N2O3. The maximum atomic E-state index is 14.0. The van der Waals surface area contributed by atoms with Crippen LogP contribution in [0.15, 0.2) is 65.5 Å². The van der Waals surface area contributed by atoms with Crippen LogP contribution in [0.4, 0.5) is 0 Å². The average Bonchev–Trinajstić information content (AvgIpc) is 2.82. The van der Waals surface area contributed by atoms with Gasteiger partial charge in [-0.05, 0) is 36.5 Å². The van der Waals surface area contributed by atoms with E-state index in [2.05, 4.69) is 0 Å². The van der Waals surface area contributed by atoms with E-state index in [0.29, 0.717) is 0 Å². The van der Waals surface area contributed by atoms with Gasteiger partial charge in [-0.1, -0.05) is 79.9 Å². The van der Waals surface area contributed by atoms with Crippen LogP contribution in [-0.2, 0) is 0 Å². The van der Waals surface area contributed by atoms with Crippen LogP contribution in [0.5, 0.6) is 5.88 Å². The normalized spacial score (nSPS) is 14.3. The minimum atomic E-state index is -0.661. The quantitative estimate of drug-likeness (QED) is 0.565. The first-order valence-corrected chi connectivity index (χ1v) is 11.1. The number of aromatic hydroxyl groups is 1. The molecule has 0 aliphatic heterocycles. The van der Waals surface area contributed by atoms with Gasteiger partial charge in [-0.15, -0.1) is 0 Å². The Labute approximate surface area is 187 Å². The molecule has 32 heavy (non-hydrogen) atoms. The lowest BCUT2D eigenvalue weighted by Gasteiger charge is -2.27. The van der Waals surface area contributed by atoms with Gasteiger partial charge in [0, 0.05) is 6.04 Å². The van der Waals surface area contributed by atoms with Crippen LogP contribution in [-0.4, -0.2) is 15.5 Å². The maximum Gasteiger partial charge on any atom is 0.271 e. The Morgan fingerprint density at radius 3 is 2.03 bits per heavy atom. The second-order valence-electron chi connectivity index (χ2n) is 8.40. The van der Waals surface area contributed by atoms with Crippen molar-refractivity contribution in [2.75, 3.05) is 0 Å². The molecule has 5 nitrogen and oxygen atoms in total. The molecule has 1 fully saturated rings. The van der Waals surface area contributed by atoms with E-state index in [4.69, 9.17) is 0 Å². The zero-order chi connectivity index (χ0) is 22.7. The van der Waals surface area contributed by atoms with Crippen LogP contribution in [0, 0.1) is 18.3 Å². The van der Waals surface area contributed by atoms with Crippen LogP contribution < -0.4 is 5.56 Å². The summed E-state index contributed by atoms with van der Waals surface area (Å²) in [6.07, 6.45) is 4.48. The second-order valence-corrected chi connectivity index (χ2v) is 8.40. The van der Waals surface area contributed by atoms with Crippen LogP contribution in [0.1, 0.15) is 76.7 Å². The van der Waals surface area contributed by atoms with Crippen molar-refractivity contribution in [3.05, 3.63) is 98.8 Å². The zero-order valence-electron chi connectivity index (χ0n) is 18.1. The number of ketones is 1. The highest BCUT2D eigenvalue weighted by molar-refractivity contribution is 6.06. The summed E-state index contributed by atoms with van der Waals surface area (Å²) in [7, 11) is 0. The molecule has 1 aliphatic rings. The first kappa shape index (κ1) is 21.6. The van der Waals surface area contributed by atoms with Crippen molar-refractivity contribution in [1.82, 2.24) is 4.57 Å². The molecule has 0 spiro atoms. The third kappa shape index (κ3) is 3.85. The molecule has 1 heterocycles. The molecule has 2 aromatic carbocycles. The Bertz CT molecular complexity index is 1180. The zero-order valence-corrected chi connectivity index (χ0v) is 18.1. The number of pyridine rings is 1. The van der Waals surface area contributed by atoms with E-state index in [1.165, 1.54) is 4.57 Å². The van der Waals surface area contributed by atoms with Crippen molar-refractivity contribution in [3.63, 3.8) is 0 Å². The smallest absolute Gasteiger partial charge is 0.271 e. The fraction of sp³-hybridized carbons (Fsp3) is 0.296. The summed E-state index contributed by atoms with van der Waals surface area (Å²) in [5, 5.41) is 21.0. The molecule has 3 aromatic rings. The molecule has 0 bridgehead atoms. The predicted octanol–water partition coefficient (Wildman–Crippen LogP) is 5.25. The number of hydrogen-bond acceptors (Lipinski definition) is 4. The number of benzene rings is 2. The van der Waals surface area contributed by atoms with Gasteiger partial charge < -0.3 is 5.11 Å². The highest BCUT2D eigenvalue weighted by Gasteiger charge is 2.33. The van der Waals surface area contributed by atoms with E-state index in [1.807, 2.05) is 66.7 Å². The van der Waals surface area contributed by atoms with E-state index < -0.39 is 11.5 Å². The van der Waals surface area contributed by atoms with Crippen molar-refractivity contribution in [3.8, 4) is 11.9 Å². The Kier molecular flexibility index (Phi) is 6.23. The molecule has 1 aromatic heterocycles. The van der Waals surface area contributed by atoms with E-state index in [-0.39, 0.29) is 34.4 Å². The highest BCUT2D eigenvalue weighted by Crippen LogP contribution is 2.36. The number of carbonyl (C=O) groups is 1. The van der Waals surface area contributed by atoms with Crippen LogP contribution in [0.3, 0.4) is 0 Å². The van der Waals surface area contributed by atoms with Crippen molar-refractivity contribution in [2.24, 2.45) is 0 Å². The van der Waals surface area contributed by atoms with Crippen LogP contribution in [0.2, 0.25) is 0 Å². The summed E-state index contributed by atoms with van der Waals surface area (Å²) in [6.45, 7) is 1.57. The summed E-state index contributed by atoms with van der Waals surface area (Å²) < 4.78 is 1.30. The molecule has 0 saturated heterocycles. The van der Waals surface area contributed by atoms with Crippen LogP contribution in [0.25, 0.3) is 0 Å². The van der Waals surface area contributed by atoms with Gasteiger partial charge in [0.25, 0.3) is 5.56 Å². The van der Waals surface area contributed by atoms with Gasteiger partial charge in [0.15, 0.2) is 5.78 Å². The summed E-state index contributed by atoms with van der Waals surface area (Å²) in [5.41, 5.74) is 1.29. The number of Topliss-reactive ketones (excluding diaryl/α,β-unsaturated/α-hetero) is 1. The average molecular weight is 427 g/mol. The molecule has 162 valence electrons. The summed E-state index contributed by atoms with van der Waals surface area (Å²) in [5.74, 6) is -1.30. The maximum absolute atomic E-state index is 14.0. The Balaban J connectivity index is 1.94. The van der Waals surface area contributed by atoms with E-state index in [1.54, 1.807) is 6.92 Å². The second kappa shape index (κ2) is 9.23. The lowest BCUT2D eigenvalue weighted by molar-refractivity contribution is 0.0968. The van der Waals surface area contributed by atoms with Gasteiger partial charge in [0.2, 0.25) is 5.88 Å². The lowest BCUT2D eigenvalue weighted by Crippen LogP contribution is -2.31. The molecule has 0 unspecified atom stereocenters. The Morgan fingerprint density at radius 1 is 1.00 bits per heavy atom. The topological polar surface area (TPSA) is 83.1 Å². The first-order valence-electron chi connectivity index (χ1n) is 11.1. The minimum Gasteiger partial charge on any atom is -0.494 e. The highest BCUT2D eigenvalue weighted by atomic mass is 16.3. The molecule has 1 N–H and O–H groups in total. The minimum absolute atomic E-state index is 0.0597. The summed E-state index contributed by atoms with van der Waals surface area (Å²) >= 11 is 0. The lowest BCUT2D eigenvalue weighted by atomic mass is 9.83. The number of nitriles is 1. The van der Waals surface area contributed by atoms with Gasteiger partial charge in [-0.3, -0.25) is 14.2 Å². The Morgan fingerprint density at radius 2 is 1.53 bits per heavy atom. The number of rotatable bonds is 5. The van der Waals surface area contributed by atoms with Gasteiger partial charge in [0.05, 0.1) is 11.5 Å². The van der Waals surface area contributed by atoms with E-state index in [0.717, 1.165) is 43.2 Å². The number of aromatic nitrogens is 1. The molecule has 5 heteroatoms. The largest absolute Gasteiger partial charge is 0.494 e. The number of nitrogens with zero attached hydrogens (tertiary/aromatic N) is 2. The molecule has 1 aliphatic carbocycles. The third-order valence-electron chi connectivity index (χ3n) is 6.46. The standard InChI is InChI=1S/C27H26N2O3/c1-18-22(17-28)26(31)29(21-15-9-4-10-16-21)27(32)23(18)25(30)24(19-11-5-2-6-12-19)20-13-7-3-8-14-20/h2-3,5-8,11-14,21,24,32H,4,9-10,15-16H2,1H3. The molecular weight excluding hydrogens is 400 g/mol. The van der Waals surface area contributed by atoms with Gasteiger partial charge in [-0.25, -0.2) is 0 Å².